The molecule has 0 spiro atoms. The number of likely N-dealkylation sites (N-methyl/N-ethyl adjacent to an activating group) is 1. The molecular formula is C9H18N2O3. The van der Waals surface area contributed by atoms with Crippen molar-refractivity contribution in [3.8, 4) is 0 Å². The van der Waals surface area contributed by atoms with Crippen LogP contribution in [-0.4, -0.2) is 60.9 Å². The first-order valence-electron chi connectivity index (χ1n) is 4.85. The van der Waals surface area contributed by atoms with Gasteiger partial charge in [-0.15, -0.1) is 0 Å². The summed E-state index contributed by atoms with van der Waals surface area (Å²) >= 11 is 0. The normalized spacial score (nSPS) is 20.3. The number of hydrogen-bond acceptors (Lipinski definition) is 4. The third-order valence-corrected chi connectivity index (χ3v) is 2.01. The summed E-state index contributed by atoms with van der Waals surface area (Å²) in [5, 5.41) is 10.8. The van der Waals surface area contributed by atoms with Crippen molar-refractivity contribution < 1.29 is 14.7 Å². The summed E-state index contributed by atoms with van der Waals surface area (Å²) in [5.74, 6) is -0.0333. The van der Waals surface area contributed by atoms with E-state index in [4.69, 9.17) is 4.84 Å². The van der Waals surface area contributed by atoms with Gasteiger partial charge in [0.1, 0.15) is 0 Å². The first-order chi connectivity index (χ1) is 6.59. The van der Waals surface area contributed by atoms with E-state index in [1.54, 1.807) is 0 Å². The molecule has 0 aliphatic carbocycles. The summed E-state index contributed by atoms with van der Waals surface area (Å²) in [4.78, 5) is 18.3. The highest BCUT2D eigenvalue weighted by Crippen LogP contribution is 2.08. The maximum atomic E-state index is 11.3. The lowest BCUT2D eigenvalue weighted by Gasteiger charge is -2.28. The van der Waals surface area contributed by atoms with E-state index < -0.39 is 6.10 Å². The number of nitrogens with zero attached hydrogens (tertiary/aromatic N) is 2. The number of carbonyl (C=O) groups excluding carboxylic acids is 1. The van der Waals surface area contributed by atoms with Gasteiger partial charge in [0, 0.05) is 13.0 Å². The van der Waals surface area contributed by atoms with E-state index in [1.165, 1.54) is 5.06 Å². The zero-order valence-corrected chi connectivity index (χ0v) is 8.77. The zero-order valence-electron chi connectivity index (χ0n) is 8.77. The lowest BCUT2D eigenvalue weighted by Crippen LogP contribution is -2.43. The smallest absolute Gasteiger partial charge is 0.246 e. The summed E-state index contributed by atoms with van der Waals surface area (Å²) in [6.07, 6.45) is 0.750. The van der Waals surface area contributed by atoms with Gasteiger partial charge in [0.2, 0.25) is 5.91 Å². The van der Waals surface area contributed by atoms with Gasteiger partial charge in [-0.3, -0.25) is 9.63 Å². The number of amides is 1. The van der Waals surface area contributed by atoms with Gasteiger partial charge >= 0.3 is 0 Å². The molecule has 1 N–H and O–H groups in total. The summed E-state index contributed by atoms with van der Waals surface area (Å²) in [6, 6.07) is 0. The molecule has 0 aromatic heterocycles. The van der Waals surface area contributed by atoms with Crippen molar-refractivity contribution >= 4 is 5.91 Å². The molecule has 1 fully saturated rings. The maximum Gasteiger partial charge on any atom is 0.246 e. The van der Waals surface area contributed by atoms with Crippen LogP contribution in [-0.2, 0) is 9.63 Å². The van der Waals surface area contributed by atoms with Crippen LogP contribution in [0.1, 0.15) is 12.8 Å². The summed E-state index contributed by atoms with van der Waals surface area (Å²) < 4.78 is 0. The van der Waals surface area contributed by atoms with Gasteiger partial charge < -0.3 is 10.0 Å². The highest BCUT2D eigenvalue weighted by atomic mass is 16.7. The van der Waals surface area contributed by atoms with Crippen molar-refractivity contribution in [2.45, 2.75) is 18.9 Å². The average molecular weight is 202 g/mol. The molecule has 14 heavy (non-hydrogen) atoms. The number of carbonyl (C=O) groups is 1. The molecule has 0 aromatic carbocycles. The third-order valence-electron chi connectivity index (χ3n) is 2.01. The van der Waals surface area contributed by atoms with E-state index in [0.717, 1.165) is 6.42 Å². The second-order valence-corrected chi connectivity index (χ2v) is 3.81. The predicted octanol–water partition coefficient (Wildman–Crippen LogP) is -0.537. The van der Waals surface area contributed by atoms with Crippen molar-refractivity contribution in [2.24, 2.45) is 0 Å². The monoisotopic (exact) mass is 202 g/mol. The van der Waals surface area contributed by atoms with Crippen LogP contribution in [0.4, 0.5) is 0 Å². The molecular weight excluding hydrogens is 184 g/mol. The van der Waals surface area contributed by atoms with E-state index in [2.05, 4.69) is 0 Å². The SMILES string of the molecule is CN(C)CC(O)CN1OCCCC1=O. The number of hydrogen-bond donors (Lipinski definition) is 1. The van der Waals surface area contributed by atoms with Gasteiger partial charge in [0.15, 0.2) is 0 Å². The summed E-state index contributed by atoms with van der Waals surface area (Å²) in [6.45, 7) is 1.37. The van der Waals surface area contributed by atoms with Gasteiger partial charge in [-0.05, 0) is 20.5 Å². The fourth-order valence-corrected chi connectivity index (χ4v) is 1.42. The van der Waals surface area contributed by atoms with Crippen LogP contribution in [0, 0.1) is 0 Å². The molecule has 1 unspecified atom stereocenters. The van der Waals surface area contributed by atoms with Crippen LogP contribution in [0.3, 0.4) is 0 Å². The Hall–Kier alpha value is -0.650. The lowest BCUT2D eigenvalue weighted by atomic mass is 10.2. The topological polar surface area (TPSA) is 53.0 Å². The molecule has 5 heteroatoms. The van der Waals surface area contributed by atoms with Crippen LogP contribution in [0.2, 0.25) is 0 Å². The van der Waals surface area contributed by atoms with Crippen LogP contribution in [0.15, 0.2) is 0 Å². The number of hydroxylamine groups is 2. The number of aliphatic hydroxyl groups excluding tert-OH is 1. The molecule has 0 aromatic rings. The Morgan fingerprint density at radius 1 is 1.64 bits per heavy atom. The Bertz CT molecular complexity index is 196. The van der Waals surface area contributed by atoms with E-state index >= 15 is 0 Å². The van der Waals surface area contributed by atoms with Gasteiger partial charge in [-0.25, -0.2) is 5.06 Å². The summed E-state index contributed by atoms with van der Waals surface area (Å²) in [5.41, 5.74) is 0. The Labute approximate surface area is 84.2 Å². The second-order valence-electron chi connectivity index (χ2n) is 3.81. The van der Waals surface area contributed by atoms with Gasteiger partial charge in [0.05, 0.1) is 19.3 Å². The van der Waals surface area contributed by atoms with Crippen molar-refractivity contribution in [1.82, 2.24) is 9.96 Å². The molecule has 1 heterocycles. The third kappa shape index (κ3) is 3.61. The van der Waals surface area contributed by atoms with Crippen molar-refractivity contribution in [3.63, 3.8) is 0 Å². The van der Waals surface area contributed by atoms with E-state index in [9.17, 15) is 9.90 Å². The second kappa shape index (κ2) is 5.29. The largest absolute Gasteiger partial charge is 0.390 e. The zero-order chi connectivity index (χ0) is 10.6. The molecule has 1 rings (SSSR count). The molecule has 0 bridgehead atoms. The van der Waals surface area contributed by atoms with Crippen molar-refractivity contribution in [3.05, 3.63) is 0 Å². The molecule has 82 valence electrons. The average Bonchev–Trinajstić information content (AvgIpc) is 2.07. The predicted molar refractivity (Wildman–Crippen MR) is 51.5 cm³/mol. The number of aliphatic hydroxyl groups is 1. The van der Waals surface area contributed by atoms with Crippen LogP contribution in [0.25, 0.3) is 0 Å². The minimum Gasteiger partial charge on any atom is -0.390 e. The fourth-order valence-electron chi connectivity index (χ4n) is 1.42. The molecule has 1 atom stereocenters. The molecule has 1 saturated heterocycles. The van der Waals surface area contributed by atoms with Crippen LogP contribution < -0.4 is 0 Å². The first kappa shape index (κ1) is 11.4. The summed E-state index contributed by atoms with van der Waals surface area (Å²) in [7, 11) is 3.75. The molecule has 5 nitrogen and oxygen atoms in total. The Morgan fingerprint density at radius 3 is 2.93 bits per heavy atom. The van der Waals surface area contributed by atoms with E-state index in [-0.39, 0.29) is 12.5 Å². The Morgan fingerprint density at radius 2 is 2.36 bits per heavy atom. The molecule has 1 aliphatic rings. The number of β-amino-alcohol motifs (C(OH)–C–C–N with tert-alkyl or cyclic N) is 1. The minimum atomic E-state index is -0.549. The van der Waals surface area contributed by atoms with Crippen molar-refractivity contribution in [2.75, 3.05) is 33.8 Å². The van der Waals surface area contributed by atoms with E-state index in [1.807, 2.05) is 19.0 Å². The lowest BCUT2D eigenvalue weighted by molar-refractivity contribution is -0.204. The minimum absolute atomic E-state index is 0.0333. The van der Waals surface area contributed by atoms with Crippen LogP contribution >= 0.6 is 0 Å². The Kier molecular flexibility index (Phi) is 4.31. The van der Waals surface area contributed by atoms with Crippen molar-refractivity contribution in [1.29, 1.82) is 0 Å². The maximum absolute atomic E-state index is 11.3. The number of rotatable bonds is 4. The standard InChI is InChI=1S/C9H18N2O3/c1-10(2)6-8(12)7-11-9(13)4-3-5-14-11/h8,12H,3-7H2,1-2H3. The molecule has 1 amide bonds. The van der Waals surface area contributed by atoms with Gasteiger partial charge in [0.25, 0.3) is 0 Å². The molecule has 1 aliphatic heterocycles. The highest BCUT2D eigenvalue weighted by Gasteiger charge is 2.21. The molecule has 0 saturated carbocycles. The fraction of sp³-hybridized carbons (Fsp3) is 0.889. The first-order valence-corrected chi connectivity index (χ1v) is 4.85. The van der Waals surface area contributed by atoms with Gasteiger partial charge in [-0.2, -0.15) is 0 Å². The van der Waals surface area contributed by atoms with Crippen LogP contribution in [0.5, 0.6) is 0 Å². The Balaban J connectivity index is 2.30. The quantitative estimate of drug-likeness (QED) is 0.665. The molecule has 0 radical (unpaired) electrons. The highest BCUT2D eigenvalue weighted by molar-refractivity contribution is 5.75. The van der Waals surface area contributed by atoms with Gasteiger partial charge in [-0.1, -0.05) is 0 Å². The van der Waals surface area contributed by atoms with E-state index in [0.29, 0.717) is 19.6 Å².